The Labute approximate surface area is 552 Å². The summed E-state index contributed by atoms with van der Waals surface area (Å²) in [5.41, 5.74) is 0. The van der Waals surface area contributed by atoms with Crippen LogP contribution in [-0.4, -0.2) is 74.3 Å². The molecule has 3 atom stereocenters. The number of hydrogen-bond acceptors (Lipinski definition) is 6. The molecular weight excluding hydrogens is 1120 g/mol. The molecule has 0 saturated heterocycles. The zero-order valence-corrected chi connectivity index (χ0v) is 60.3. The predicted molar refractivity (Wildman–Crippen MR) is 388 cm³/mol. The number of hydrogen-bond donors (Lipinski definition) is 2. The van der Waals surface area contributed by atoms with Gasteiger partial charge >= 0.3 is 13.8 Å². The average molecular weight is 1270 g/mol. The summed E-state index contributed by atoms with van der Waals surface area (Å²) < 4.78 is 30.9. The fraction of sp³-hybridized carbons (Fsp3) is 0.797. The number of phosphoric acid groups is 1. The highest BCUT2D eigenvalue weighted by molar-refractivity contribution is 7.47. The van der Waals surface area contributed by atoms with Crippen LogP contribution in [0.15, 0.2) is 85.1 Å². The van der Waals surface area contributed by atoms with E-state index in [1.807, 2.05) is 33.3 Å². The number of nitrogens with zero attached hydrogens (tertiary/aromatic N) is 1. The second-order valence-electron chi connectivity index (χ2n) is 26.8. The van der Waals surface area contributed by atoms with Crippen LogP contribution in [0.2, 0.25) is 0 Å². The van der Waals surface area contributed by atoms with E-state index >= 15 is 0 Å². The molecule has 0 aliphatic rings. The topological polar surface area (TPSA) is 111 Å². The lowest BCUT2D eigenvalue weighted by atomic mass is 10.0. The molecule has 0 aliphatic carbocycles. The highest BCUT2D eigenvalue weighted by Crippen LogP contribution is 2.43. The average Bonchev–Trinajstić information content (AvgIpc) is 3.70. The van der Waals surface area contributed by atoms with Gasteiger partial charge in [0.15, 0.2) is 0 Å². The van der Waals surface area contributed by atoms with E-state index in [1.165, 1.54) is 238 Å². The van der Waals surface area contributed by atoms with E-state index in [-0.39, 0.29) is 31.5 Å². The van der Waals surface area contributed by atoms with E-state index in [0.717, 1.165) is 83.5 Å². The van der Waals surface area contributed by atoms with Gasteiger partial charge in [0.25, 0.3) is 0 Å². The maximum atomic E-state index is 13.6. The van der Waals surface area contributed by atoms with E-state index in [0.29, 0.717) is 17.4 Å². The van der Waals surface area contributed by atoms with Gasteiger partial charge in [-0.2, -0.15) is 0 Å². The molecule has 9 nitrogen and oxygen atoms in total. The van der Waals surface area contributed by atoms with E-state index in [2.05, 4.69) is 99.0 Å². The zero-order valence-electron chi connectivity index (χ0n) is 59.4. The van der Waals surface area contributed by atoms with Crippen LogP contribution in [0.1, 0.15) is 355 Å². The summed E-state index contributed by atoms with van der Waals surface area (Å²) in [5.74, 6) is -0.498. The third kappa shape index (κ3) is 69.4. The highest BCUT2D eigenvalue weighted by atomic mass is 31.2. The Balaban J connectivity index is 4.93. The summed E-state index contributed by atoms with van der Waals surface area (Å²) in [6.45, 7) is 6.99. The number of carbonyl (C=O) groups is 2. The number of phosphoric ester groups is 1. The summed E-state index contributed by atoms with van der Waals surface area (Å²) >= 11 is 0. The molecule has 518 valence electrons. The van der Waals surface area contributed by atoms with Crippen molar-refractivity contribution in [1.82, 2.24) is 5.32 Å². The van der Waals surface area contributed by atoms with Gasteiger partial charge in [-0.15, -0.1) is 0 Å². The first-order valence-corrected chi connectivity index (χ1v) is 39.4. The quantitative estimate of drug-likeness (QED) is 0.0205. The van der Waals surface area contributed by atoms with Crippen molar-refractivity contribution < 1.29 is 37.3 Å². The van der Waals surface area contributed by atoms with Gasteiger partial charge in [0.2, 0.25) is 5.91 Å². The third-order valence-corrected chi connectivity index (χ3v) is 17.8. The Morgan fingerprint density at radius 2 is 0.685 bits per heavy atom. The molecule has 89 heavy (non-hydrogen) atoms. The van der Waals surface area contributed by atoms with Gasteiger partial charge in [-0.05, 0) is 109 Å². The number of ether oxygens (including phenoxy) is 1. The highest BCUT2D eigenvalue weighted by Gasteiger charge is 2.30. The van der Waals surface area contributed by atoms with E-state index < -0.39 is 20.0 Å². The molecule has 0 bridgehead atoms. The first kappa shape index (κ1) is 86.2. The van der Waals surface area contributed by atoms with Crippen molar-refractivity contribution in [3.05, 3.63) is 85.1 Å². The zero-order chi connectivity index (χ0) is 64.9. The normalized spacial score (nSPS) is 13.9. The van der Waals surface area contributed by atoms with Gasteiger partial charge in [0.05, 0.1) is 33.8 Å². The molecule has 0 spiro atoms. The Kier molecular flexibility index (Phi) is 65.9. The molecule has 3 unspecified atom stereocenters. The summed E-state index contributed by atoms with van der Waals surface area (Å²) in [7, 11) is 1.50. The van der Waals surface area contributed by atoms with Crippen LogP contribution in [0, 0.1) is 0 Å². The van der Waals surface area contributed by atoms with Crippen molar-refractivity contribution in [1.29, 1.82) is 0 Å². The van der Waals surface area contributed by atoms with Crippen LogP contribution in [0.25, 0.3) is 0 Å². The standard InChI is InChI=1S/C79H145N2O7P/c1-7-10-13-16-19-22-25-27-29-31-33-35-37-39-40-42-43-45-47-49-51-53-56-59-62-65-68-71-78(82)80-76(75-87-89(84,85)86-74-73-81(4,5)6)77(70-67-64-61-58-55-24-21-18-15-12-9-3)88-79(83)72-69-66-63-60-57-54-52-50-48-46-44-41-38-36-34-32-30-28-26-23-20-17-14-11-8-2/h19-20,22-23,27-30,33-36,67,70,76-77H,7-18,21,24-26,31-32,37-66,68-69,71-75H2,1-6H3,(H-,80,82,84,85)/p+1/b22-19-,23-20-,29-27-,30-28-,35-33-,36-34-,70-67+. The number of rotatable bonds is 69. The predicted octanol–water partition coefficient (Wildman–Crippen LogP) is 24.5. The maximum absolute atomic E-state index is 13.6. The fourth-order valence-electron chi connectivity index (χ4n) is 11.0. The number of carbonyl (C=O) groups excluding carboxylic acids is 2. The molecule has 0 fully saturated rings. The minimum absolute atomic E-state index is 0.0384. The van der Waals surface area contributed by atoms with Crippen molar-refractivity contribution in [2.75, 3.05) is 40.9 Å². The number of amides is 1. The van der Waals surface area contributed by atoms with Crippen LogP contribution in [0.4, 0.5) is 0 Å². The SMILES string of the molecule is CCCCC/C=C\C/C=C\C/C=C\CCCCCCCCCCCCCCCCC(=O)NC(COP(=O)(O)OCC[N+](C)(C)C)C(/C=C/CCCCCCCCCCC)OC(=O)CCCCCCCCCCCCCC/C=C\C/C=C\C/C=C\CCCCC. The Hall–Kier alpha value is -2.81. The van der Waals surface area contributed by atoms with Gasteiger partial charge in [-0.3, -0.25) is 18.6 Å². The second kappa shape index (κ2) is 68.1. The monoisotopic (exact) mass is 1270 g/mol. The Morgan fingerprint density at radius 3 is 1.04 bits per heavy atom. The van der Waals surface area contributed by atoms with E-state index in [9.17, 15) is 19.0 Å². The molecular formula is C79H146N2O7P+. The summed E-state index contributed by atoms with van der Waals surface area (Å²) in [5, 5.41) is 3.08. The molecule has 0 aromatic carbocycles. The van der Waals surface area contributed by atoms with Crippen molar-refractivity contribution in [2.45, 2.75) is 367 Å². The molecule has 0 aromatic rings. The van der Waals surface area contributed by atoms with E-state index in [1.54, 1.807) is 0 Å². The molecule has 0 radical (unpaired) electrons. The molecule has 0 saturated carbocycles. The number of allylic oxidation sites excluding steroid dienone is 13. The molecule has 0 aromatic heterocycles. The molecule has 0 rings (SSSR count). The Bertz CT molecular complexity index is 1800. The molecule has 2 N–H and O–H groups in total. The fourth-order valence-corrected chi connectivity index (χ4v) is 11.7. The number of nitrogens with one attached hydrogen (secondary N) is 1. The number of esters is 1. The number of quaternary nitrogens is 1. The smallest absolute Gasteiger partial charge is 0.456 e. The van der Waals surface area contributed by atoms with Crippen molar-refractivity contribution in [3.63, 3.8) is 0 Å². The Morgan fingerprint density at radius 1 is 0.393 bits per heavy atom. The minimum atomic E-state index is -4.46. The van der Waals surface area contributed by atoms with Crippen LogP contribution in [0.5, 0.6) is 0 Å². The van der Waals surface area contributed by atoms with Crippen LogP contribution >= 0.6 is 7.82 Å². The van der Waals surface area contributed by atoms with Crippen LogP contribution in [-0.2, 0) is 27.9 Å². The van der Waals surface area contributed by atoms with Crippen LogP contribution in [0.3, 0.4) is 0 Å². The summed E-state index contributed by atoms with van der Waals surface area (Å²) in [6.07, 6.45) is 91.8. The van der Waals surface area contributed by atoms with Crippen molar-refractivity contribution in [2.24, 2.45) is 0 Å². The lowest BCUT2D eigenvalue weighted by Gasteiger charge is -2.27. The lowest BCUT2D eigenvalue weighted by molar-refractivity contribution is -0.870. The first-order chi connectivity index (χ1) is 43.4. The molecule has 0 aliphatic heterocycles. The maximum Gasteiger partial charge on any atom is 0.472 e. The van der Waals surface area contributed by atoms with Crippen molar-refractivity contribution in [3.8, 4) is 0 Å². The summed E-state index contributed by atoms with van der Waals surface area (Å²) in [4.78, 5) is 38.0. The van der Waals surface area contributed by atoms with E-state index in [4.69, 9.17) is 13.8 Å². The van der Waals surface area contributed by atoms with Gasteiger partial charge in [-0.1, -0.05) is 318 Å². The second-order valence-corrected chi connectivity index (χ2v) is 28.3. The molecule has 10 heteroatoms. The molecule has 1 amide bonds. The number of likely N-dealkylation sites (N-methyl/N-ethyl adjacent to an activating group) is 1. The molecule has 0 heterocycles. The van der Waals surface area contributed by atoms with Crippen molar-refractivity contribution >= 4 is 19.7 Å². The minimum Gasteiger partial charge on any atom is -0.456 e. The van der Waals surface area contributed by atoms with Gasteiger partial charge < -0.3 is 19.4 Å². The van der Waals surface area contributed by atoms with Crippen LogP contribution < -0.4 is 5.32 Å². The third-order valence-electron chi connectivity index (χ3n) is 16.8. The van der Waals surface area contributed by atoms with Gasteiger partial charge in [-0.25, -0.2) is 4.57 Å². The lowest BCUT2D eigenvalue weighted by Crippen LogP contribution is -2.47. The van der Waals surface area contributed by atoms with Gasteiger partial charge in [0.1, 0.15) is 19.3 Å². The number of unbranched alkanes of at least 4 members (excludes halogenated alkanes) is 41. The van der Waals surface area contributed by atoms with Gasteiger partial charge in [0, 0.05) is 12.8 Å². The largest absolute Gasteiger partial charge is 0.472 e. The first-order valence-electron chi connectivity index (χ1n) is 37.9. The summed E-state index contributed by atoms with van der Waals surface area (Å²) in [6, 6.07) is -0.853.